The van der Waals surface area contributed by atoms with Crippen molar-refractivity contribution in [1.82, 2.24) is 0 Å². The van der Waals surface area contributed by atoms with E-state index in [1.807, 2.05) is 25.1 Å². The van der Waals surface area contributed by atoms with Crippen molar-refractivity contribution in [3.63, 3.8) is 0 Å². The van der Waals surface area contributed by atoms with Crippen molar-refractivity contribution >= 4 is 34.8 Å². The van der Waals surface area contributed by atoms with Gasteiger partial charge in [0.05, 0.1) is 19.6 Å². The predicted molar refractivity (Wildman–Crippen MR) is 88.4 cm³/mol. The van der Waals surface area contributed by atoms with Gasteiger partial charge in [-0.3, -0.25) is 0 Å². The summed E-state index contributed by atoms with van der Waals surface area (Å²) < 4.78 is 10.5. The second kappa shape index (κ2) is 6.78. The molecule has 0 amide bonds. The van der Waals surface area contributed by atoms with Gasteiger partial charge in [-0.05, 0) is 35.7 Å². The molecule has 5 heteroatoms. The predicted octanol–water partition coefficient (Wildman–Crippen LogP) is 5.65. The number of ether oxygens (including phenoxy) is 2. The van der Waals surface area contributed by atoms with Crippen molar-refractivity contribution in [2.45, 2.75) is 12.3 Å². The van der Waals surface area contributed by atoms with Crippen molar-refractivity contribution in [3.05, 3.63) is 57.1 Å². The Morgan fingerprint density at radius 1 is 0.857 bits per heavy atom. The third kappa shape index (κ3) is 3.39. The molecular formula is C16H15Cl3O2. The Balaban J connectivity index is 2.50. The molecule has 21 heavy (non-hydrogen) atoms. The molecule has 0 saturated heterocycles. The minimum Gasteiger partial charge on any atom is -0.493 e. The highest BCUT2D eigenvalue weighted by molar-refractivity contribution is 6.35. The smallest absolute Gasteiger partial charge is 0.162 e. The summed E-state index contributed by atoms with van der Waals surface area (Å²) in [6, 6.07) is 9.21. The van der Waals surface area contributed by atoms with Crippen LogP contribution >= 0.6 is 34.8 Å². The van der Waals surface area contributed by atoms with E-state index in [9.17, 15) is 0 Å². The SMILES string of the molecule is COc1cc(Cl)c(C(Cl)c2ccc(C)cc2Cl)cc1OC. The first kappa shape index (κ1) is 16.3. The van der Waals surface area contributed by atoms with Gasteiger partial charge >= 0.3 is 0 Å². The van der Waals surface area contributed by atoms with Crippen LogP contribution in [0.2, 0.25) is 10.0 Å². The van der Waals surface area contributed by atoms with Gasteiger partial charge in [0.15, 0.2) is 11.5 Å². The van der Waals surface area contributed by atoms with Gasteiger partial charge in [-0.1, -0.05) is 35.3 Å². The van der Waals surface area contributed by atoms with E-state index in [1.165, 1.54) is 0 Å². The van der Waals surface area contributed by atoms with Crippen LogP contribution in [-0.2, 0) is 0 Å². The summed E-state index contributed by atoms with van der Waals surface area (Å²) in [7, 11) is 3.13. The molecule has 112 valence electrons. The molecule has 0 aliphatic rings. The molecule has 2 aromatic rings. The molecule has 2 aromatic carbocycles. The van der Waals surface area contributed by atoms with Crippen LogP contribution in [0.1, 0.15) is 22.1 Å². The number of methoxy groups -OCH3 is 2. The van der Waals surface area contributed by atoms with Gasteiger partial charge in [0.2, 0.25) is 0 Å². The number of hydrogen-bond donors (Lipinski definition) is 0. The maximum Gasteiger partial charge on any atom is 0.162 e. The third-order valence-corrected chi connectivity index (χ3v) is 4.33. The van der Waals surface area contributed by atoms with Crippen molar-refractivity contribution in [3.8, 4) is 11.5 Å². The Bertz CT molecular complexity index is 656. The van der Waals surface area contributed by atoms with Gasteiger partial charge in [0, 0.05) is 16.1 Å². The molecule has 0 radical (unpaired) electrons. The molecule has 0 saturated carbocycles. The average Bonchev–Trinajstić information content (AvgIpc) is 2.46. The minimum atomic E-state index is -0.467. The Morgan fingerprint density at radius 2 is 1.43 bits per heavy atom. The number of halogens is 3. The zero-order valence-corrected chi connectivity index (χ0v) is 14.2. The molecule has 0 spiro atoms. The molecule has 0 fully saturated rings. The molecule has 2 rings (SSSR count). The van der Waals surface area contributed by atoms with Crippen molar-refractivity contribution in [1.29, 1.82) is 0 Å². The van der Waals surface area contributed by atoms with Crippen LogP contribution in [0.4, 0.5) is 0 Å². The standard InChI is InChI=1S/C16H15Cl3O2/c1-9-4-5-10(12(17)6-9)16(19)11-7-14(20-2)15(21-3)8-13(11)18/h4-8,16H,1-3H3. The summed E-state index contributed by atoms with van der Waals surface area (Å²) in [6.45, 7) is 1.97. The zero-order valence-electron chi connectivity index (χ0n) is 11.9. The Morgan fingerprint density at radius 3 is 2.00 bits per heavy atom. The highest BCUT2D eigenvalue weighted by Crippen LogP contribution is 2.42. The minimum absolute atomic E-state index is 0.467. The second-order valence-electron chi connectivity index (χ2n) is 4.62. The topological polar surface area (TPSA) is 18.5 Å². The molecule has 1 unspecified atom stereocenters. The lowest BCUT2D eigenvalue weighted by atomic mass is 10.0. The fourth-order valence-electron chi connectivity index (χ4n) is 2.07. The highest BCUT2D eigenvalue weighted by atomic mass is 35.5. The van der Waals surface area contributed by atoms with E-state index < -0.39 is 5.38 Å². The van der Waals surface area contributed by atoms with Crippen LogP contribution in [0.3, 0.4) is 0 Å². The van der Waals surface area contributed by atoms with Crippen LogP contribution in [-0.4, -0.2) is 14.2 Å². The van der Waals surface area contributed by atoms with Crippen LogP contribution in [0, 0.1) is 6.92 Å². The van der Waals surface area contributed by atoms with Crippen molar-refractivity contribution in [2.24, 2.45) is 0 Å². The molecule has 0 N–H and O–H groups in total. The summed E-state index contributed by atoms with van der Waals surface area (Å²) in [5, 5.41) is 0.649. The normalized spacial score (nSPS) is 12.1. The summed E-state index contributed by atoms with van der Waals surface area (Å²) in [4.78, 5) is 0. The Labute approximate surface area is 139 Å². The number of aryl methyl sites for hydroxylation is 1. The Hall–Kier alpha value is -1.09. The molecule has 1 atom stereocenters. The van der Waals surface area contributed by atoms with E-state index in [0.29, 0.717) is 21.5 Å². The molecule has 0 aromatic heterocycles. The molecular weight excluding hydrogens is 331 g/mol. The quantitative estimate of drug-likeness (QED) is 0.667. The number of benzene rings is 2. The van der Waals surface area contributed by atoms with E-state index in [1.54, 1.807) is 26.4 Å². The average molecular weight is 346 g/mol. The first-order valence-electron chi connectivity index (χ1n) is 6.29. The van der Waals surface area contributed by atoms with Crippen LogP contribution < -0.4 is 9.47 Å². The van der Waals surface area contributed by atoms with Gasteiger partial charge in [0.25, 0.3) is 0 Å². The van der Waals surface area contributed by atoms with Gasteiger partial charge in [-0.15, -0.1) is 11.6 Å². The fourth-order valence-corrected chi connectivity index (χ4v) is 3.16. The molecule has 0 aliphatic carbocycles. The summed E-state index contributed by atoms with van der Waals surface area (Å²) in [5.41, 5.74) is 2.60. The lowest BCUT2D eigenvalue weighted by molar-refractivity contribution is 0.354. The summed E-state index contributed by atoms with van der Waals surface area (Å²) >= 11 is 19.1. The van der Waals surface area contributed by atoms with E-state index in [0.717, 1.165) is 16.7 Å². The van der Waals surface area contributed by atoms with E-state index in [4.69, 9.17) is 44.3 Å². The van der Waals surface area contributed by atoms with Crippen LogP contribution in [0.25, 0.3) is 0 Å². The van der Waals surface area contributed by atoms with Gasteiger partial charge < -0.3 is 9.47 Å². The van der Waals surface area contributed by atoms with Crippen LogP contribution in [0.5, 0.6) is 11.5 Å². The van der Waals surface area contributed by atoms with E-state index in [-0.39, 0.29) is 0 Å². The Kier molecular flexibility index (Phi) is 5.26. The van der Waals surface area contributed by atoms with Crippen molar-refractivity contribution < 1.29 is 9.47 Å². The summed E-state index contributed by atoms with van der Waals surface area (Å²) in [6.07, 6.45) is 0. The van der Waals surface area contributed by atoms with Gasteiger partial charge in [-0.2, -0.15) is 0 Å². The fraction of sp³-hybridized carbons (Fsp3) is 0.250. The molecule has 0 bridgehead atoms. The van der Waals surface area contributed by atoms with Crippen molar-refractivity contribution in [2.75, 3.05) is 14.2 Å². The lowest BCUT2D eigenvalue weighted by Crippen LogP contribution is -1.99. The summed E-state index contributed by atoms with van der Waals surface area (Å²) in [5.74, 6) is 1.14. The second-order valence-corrected chi connectivity index (χ2v) is 5.87. The first-order chi connectivity index (χ1) is 9.97. The highest BCUT2D eigenvalue weighted by Gasteiger charge is 2.20. The molecule has 0 aliphatic heterocycles. The zero-order chi connectivity index (χ0) is 15.6. The lowest BCUT2D eigenvalue weighted by Gasteiger charge is -2.17. The molecule has 0 heterocycles. The first-order valence-corrected chi connectivity index (χ1v) is 7.48. The molecule has 2 nitrogen and oxygen atoms in total. The van der Waals surface area contributed by atoms with Crippen LogP contribution in [0.15, 0.2) is 30.3 Å². The monoisotopic (exact) mass is 344 g/mol. The number of alkyl halides is 1. The largest absolute Gasteiger partial charge is 0.493 e. The van der Waals surface area contributed by atoms with E-state index in [2.05, 4.69) is 0 Å². The van der Waals surface area contributed by atoms with Gasteiger partial charge in [0.1, 0.15) is 0 Å². The maximum absolute atomic E-state index is 6.55. The van der Waals surface area contributed by atoms with Gasteiger partial charge in [-0.25, -0.2) is 0 Å². The van der Waals surface area contributed by atoms with E-state index >= 15 is 0 Å². The number of hydrogen-bond acceptors (Lipinski definition) is 2. The third-order valence-electron chi connectivity index (χ3n) is 3.20. The number of rotatable bonds is 4. The maximum atomic E-state index is 6.55.